The molecule has 0 aliphatic carbocycles. The van der Waals surface area contributed by atoms with Crippen LogP contribution in [0.1, 0.15) is 103 Å². The first-order chi connectivity index (χ1) is 13.9. The Labute approximate surface area is 207 Å². The van der Waals surface area contributed by atoms with E-state index in [0.717, 1.165) is 42.6 Å². The van der Waals surface area contributed by atoms with E-state index in [0.29, 0.717) is 6.42 Å². The second-order valence-corrected chi connectivity index (χ2v) is 9.55. The van der Waals surface area contributed by atoms with Gasteiger partial charge in [0.2, 0.25) is 0 Å². The fourth-order valence-corrected chi connectivity index (χ4v) is 4.41. The summed E-state index contributed by atoms with van der Waals surface area (Å²) in [5, 5.41) is 0. The molecule has 30 heavy (non-hydrogen) atoms. The van der Waals surface area contributed by atoms with Crippen molar-refractivity contribution in [2.75, 3.05) is 5.75 Å². The van der Waals surface area contributed by atoms with E-state index in [9.17, 15) is 13.0 Å². The minimum atomic E-state index is -4.31. The number of aryl methyl sites for hydroxylation is 2. The van der Waals surface area contributed by atoms with E-state index < -0.39 is 22.0 Å². The van der Waals surface area contributed by atoms with Crippen LogP contribution in [0.5, 0.6) is 5.75 Å². The predicted octanol–water partition coefficient (Wildman–Crippen LogP) is 3.42. The van der Waals surface area contributed by atoms with Gasteiger partial charge in [-0.15, -0.1) is 0 Å². The van der Waals surface area contributed by atoms with E-state index in [-0.39, 0.29) is 29.6 Å². The largest absolute Gasteiger partial charge is 1.00 e. The van der Waals surface area contributed by atoms with Gasteiger partial charge in [0.05, 0.1) is 15.9 Å². The van der Waals surface area contributed by atoms with Crippen LogP contribution in [0.3, 0.4) is 0 Å². The summed E-state index contributed by atoms with van der Waals surface area (Å²) in [4.78, 5) is 0. The van der Waals surface area contributed by atoms with Gasteiger partial charge in [-0.2, -0.15) is 0 Å². The van der Waals surface area contributed by atoms with Crippen LogP contribution in [0.25, 0.3) is 0 Å². The molecule has 0 heterocycles. The molecule has 1 aromatic rings. The van der Waals surface area contributed by atoms with Crippen molar-refractivity contribution < 1.29 is 47.3 Å². The van der Waals surface area contributed by atoms with Gasteiger partial charge >= 0.3 is 29.6 Å². The number of hydrogen-bond acceptors (Lipinski definition) is 4. The van der Waals surface area contributed by atoms with Gasteiger partial charge < -0.3 is 9.29 Å². The van der Waals surface area contributed by atoms with Crippen LogP contribution in [-0.2, 0) is 23.0 Å². The zero-order chi connectivity index (χ0) is 21.5. The van der Waals surface area contributed by atoms with Crippen LogP contribution in [-0.4, -0.2) is 24.8 Å². The molecule has 0 radical (unpaired) electrons. The summed E-state index contributed by atoms with van der Waals surface area (Å²) < 4.78 is 40.0. The molecular formula is C24H41NaO4S. The van der Waals surface area contributed by atoms with E-state index in [1.54, 1.807) is 0 Å². The number of unbranched alkanes of at least 4 members (excludes halogenated alkanes) is 8. The SMILES string of the molecule is CCCCCCCc1cccc(CCCCCCC)c1OC(CC)CS(=O)(=O)[O-].[Na+]. The number of hydrogen-bond donors (Lipinski definition) is 0. The van der Waals surface area contributed by atoms with Crippen LogP contribution in [0.4, 0.5) is 0 Å². The normalized spacial score (nSPS) is 12.4. The second-order valence-electron chi connectivity index (χ2n) is 8.11. The number of para-hydroxylation sites is 1. The molecule has 1 unspecified atom stereocenters. The number of rotatable bonds is 17. The Morgan fingerprint density at radius 1 is 0.833 bits per heavy atom. The Morgan fingerprint density at radius 2 is 1.30 bits per heavy atom. The third-order valence-electron chi connectivity index (χ3n) is 5.41. The van der Waals surface area contributed by atoms with E-state index >= 15 is 0 Å². The van der Waals surface area contributed by atoms with Crippen molar-refractivity contribution in [2.24, 2.45) is 0 Å². The molecule has 0 fully saturated rings. The van der Waals surface area contributed by atoms with Gasteiger partial charge in [-0.1, -0.05) is 90.3 Å². The first-order valence-corrected chi connectivity index (χ1v) is 13.2. The maximum absolute atomic E-state index is 11.3. The Balaban J connectivity index is 0.00000841. The Bertz CT molecular complexity index is 629. The third kappa shape index (κ3) is 13.4. The fraction of sp³-hybridized carbons (Fsp3) is 0.750. The standard InChI is InChI=1S/C24H42O4S.Na/c1-4-7-9-11-13-16-21-18-15-19-22(17-14-12-10-8-5-2)24(21)28-23(6-3)20-29(25,26)27;/h15,18-19,23H,4-14,16-17,20H2,1-3H3,(H,25,26,27);/q;+1/p-1. The zero-order valence-corrected chi connectivity index (χ0v) is 22.6. The van der Waals surface area contributed by atoms with Gasteiger partial charge in [-0.25, -0.2) is 8.42 Å². The molecule has 1 atom stereocenters. The molecular weight excluding hydrogens is 407 g/mol. The molecule has 168 valence electrons. The second kappa shape index (κ2) is 17.5. The summed E-state index contributed by atoms with van der Waals surface area (Å²) in [6.07, 6.45) is 13.9. The minimum absolute atomic E-state index is 0. The van der Waals surface area contributed by atoms with E-state index in [2.05, 4.69) is 32.0 Å². The third-order valence-corrected chi connectivity index (χ3v) is 6.19. The summed E-state index contributed by atoms with van der Waals surface area (Å²) in [6.45, 7) is 6.30. The first-order valence-electron chi connectivity index (χ1n) is 11.6. The van der Waals surface area contributed by atoms with Gasteiger partial charge in [0, 0.05) is 0 Å². The quantitative estimate of drug-likeness (QED) is 0.208. The maximum Gasteiger partial charge on any atom is 1.00 e. The van der Waals surface area contributed by atoms with Crippen molar-refractivity contribution in [1.29, 1.82) is 0 Å². The Kier molecular flexibility index (Phi) is 17.4. The molecule has 1 rings (SSSR count). The fourth-order valence-electron chi connectivity index (χ4n) is 3.65. The predicted molar refractivity (Wildman–Crippen MR) is 121 cm³/mol. The zero-order valence-electron chi connectivity index (χ0n) is 19.8. The first kappa shape index (κ1) is 29.9. The Hall–Kier alpha value is -0.0700. The van der Waals surface area contributed by atoms with Gasteiger partial charge in [0.1, 0.15) is 11.9 Å². The molecule has 0 amide bonds. The van der Waals surface area contributed by atoms with Crippen LogP contribution < -0.4 is 34.3 Å². The molecule has 0 N–H and O–H groups in total. The molecule has 0 aromatic heterocycles. The topological polar surface area (TPSA) is 66.4 Å². The summed E-state index contributed by atoms with van der Waals surface area (Å²) in [7, 11) is -4.31. The summed E-state index contributed by atoms with van der Waals surface area (Å²) in [5.74, 6) is 0.360. The van der Waals surface area contributed by atoms with Crippen LogP contribution in [0, 0.1) is 0 Å². The number of ether oxygens (including phenoxy) is 1. The molecule has 0 spiro atoms. The molecule has 0 saturated carbocycles. The van der Waals surface area contributed by atoms with Crippen LogP contribution in [0.2, 0.25) is 0 Å². The molecule has 1 aromatic carbocycles. The van der Waals surface area contributed by atoms with Gasteiger partial charge in [-0.3, -0.25) is 0 Å². The monoisotopic (exact) mass is 448 g/mol. The van der Waals surface area contributed by atoms with Crippen molar-refractivity contribution >= 4 is 10.1 Å². The van der Waals surface area contributed by atoms with Crippen molar-refractivity contribution in [3.63, 3.8) is 0 Å². The smallest absolute Gasteiger partial charge is 0.748 e. The van der Waals surface area contributed by atoms with Gasteiger partial charge in [-0.05, 0) is 43.2 Å². The van der Waals surface area contributed by atoms with Crippen molar-refractivity contribution in [1.82, 2.24) is 0 Å². The summed E-state index contributed by atoms with van der Waals surface area (Å²) >= 11 is 0. The van der Waals surface area contributed by atoms with Gasteiger partial charge in [0.15, 0.2) is 0 Å². The average molecular weight is 449 g/mol. The molecule has 0 saturated heterocycles. The van der Waals surface area contributed by atoms with E-state index in [4.69, 9.17) is 4.74 Å². The Morgan fingerprint density at radius 3 is 1.70 bits per heavy atom. The van der Waals surface area contributed by atoms with Crippen LogP contribution >= 0.6 is 0 Å². The maximum atomic E-state index is 11.3. The van der Waals surface area contributed by atoms with Crippen molar-refractivity contribution in [3.8, 4) is 5.75 Å². The molecule has 0 bridgehead atoms. The average Bonchev–Trinajstić information content (AvgIpc) is 2.67. The van der Waals surface area contributed by atoms with Gasteiger partial charge in [0.25, 0.3) is 0 Å². The van der Waals surface area contributed by atoms with E-state index in [1.807, 2.05) is 6.92 Å². The number of benzene rings is 1. The minimum Gasteiger partial charge on any atom is -0.748 e. The van der Waals surface area contributed by atoms with E-state index in [1.165, 1.54) is 51.4 Å². The molecule has 0 aliphatic rings. The molecule has 6 heteroatoms. The van der Waals surface area contributed by atoms with Crippen LogP contribution in [0.15, 0.2) is 18.2 Å². The van der Waals surface area contributed by atoms with Crippen molar-refractivity contribution in [2.45, 2.75) is 110 Å². The molecule has 0 aliphatic heterocycles. The summed E-state index contributed by atoms with van der Waals surface area (Å²) in [6, 6.07) is 6.27. The van der Waals surface area contributed by atoms with Crippen molar-refractivity contribution in [3.05, 3.63) is 29.3 Å². The summed E-state index contributed by atoms with van der Waals surface area (Å²) in [5.41, 5.74) is 2.30. The molecule has 4 nitrogen and oxygen atoms in total.